The summed E-state index contributed by atoms with van der Waals surface area (Å²) in [5, 5.41) is 0.322. The lowest BCUT2D eigenvalue weighted by Crippen LogP contribution is -2.44. The first-order valence-corrected chi connectivity index (χ1v) is 7.52. The minimum Gasteiger partial charge on any atom is -0.478 e. The highest BCUT2D eigenvalue weighted by Crippen LogP contribution is 2.40. The molecule has 2 saturated heterocycles. The zero-order valence-electron chi connectivity index (χ0n) is 11.5. The van der Waals surface area contributed by atoms with Crippen molar-refractivity contribution >= 4 is 17.4 Å². The Morgan fingerprint density at radius 3 is 2.63 bits per heavy atom. The topological polar surface area (TPSA) is 38.2 Å². The lowest BCUT2D eigenvalue weighted by atomic mass is 10.0. The highest BCUT2D eigenvalue weighted by atomic mass is 35.5. The second-order valence-electron chi connectivity index (χ2n) is 5.41. The van der Waals surface area contributed by atoms with E-state index in [0.29, 0.717) is 29.9 Å². The minimum absolute atomic E-state index is 0.322. The smallest absolute Gasteiger partial charge is 0.218 e. The Bertz CT molecular complexity index is 454. The van der Waals surface area contributed by atoms with E-state index in [2.05, 4.69) is 14.9 Å². The summed E-state index contributed by atoms with van der Waals surface area (Å²) in [6.45, 7) is 4.52. The number of alkyl halides is 1. The van der Waals surface area contributed by atoms with E-state index < -0.39 is 0 Å². The van der Waals surface area contributed by atoms with Crippen LogP contribution in [0.15, 0.2) is 6.07 Å². The van der Waals surface area contributed by atoms with Gasteiger partial charge in [0.1, 0.15) is 11.6 Å². The van der Waals surface area contributed by atoms with Crippen LogP contribution < -0.4 is 9.64 Å². The van der Waals surface area contributed by atoms with Gasteiger partial charge >= 0.3 is 0 Å². The summed E-state index contributed by atoms with van der Waals surface area (Å²) < 4.78 is 5.53. The minimum atomic E-state index is 0.322. The van der Waals surface area contributed by atoms with Gasteiger partial charge in [0.2, 0.25) is 5.88 Å². The van der Waals surface area contributed by atoms with Crippen molar-refractivity contribution < 1.29 is 4.74 Å². The number of nitrogens with zero attached hydrogens (tertiary/aromatic N) is 3. The molecule has 0 amide bonds. The molecule has 5 heteroatoms. The van der Waals surface area contributed by atoms with Gasteiger partial charge in [0.05, 0.1) is 6.61 Å². The van der Waals surface area contributed by atoms with Crippen molar-refractivity contribution in [2.75, 3.05) is 11.5 Å². The van der Waals surface area contributed by atoms with Gasteiger partial charge in [0.25, 0.3) is 0 Å². The van der Waals surface area contributed by atoms with Crippen LogP contribution >= 0.6 is 11.6 Å². The predicted octanol–water partition coefficient (Wildman–Crippen LogP) is 2.92. The summed E-state index contributed by atoms with van der Waals surface area (Å²) in [7, 11) is 0. The van der Waals surface area contributed by atoms with Gasteiger partial charge in [-0.2, -0.15) is 4.98 Å². The first kappa shape index (κ1) is 13.0. The fraction of sp³-hybridized carbons (Fsp3) is 0.714. The average Bonchev–Trinajstić information content (AvgIpc) is 2.61. The highest BCUT2D eigenvalue weighted by Gasteiger charge is 2.41. The number of piperidine rings is 1. The third-order valence-electron chi connectivity index (χ3n) is 4.03. The Labute approximate surface area is 119 Å². The monoisotopic (exact) mass is 281 g/mol. The van der Waals surface area contributed by atoms with Gasteiger partial charge in [-0.15, -0.1) is 11.6 Å². The Kier molecular flexibility index (Phi) is 3.52. The SMILES string of the molecule is CCOc1cc(N2C3CCC2CC(Cl)C3)nc(C)n1. The number of hydrogen-bond acceptors (Lipinski definition) is 4. The molecule has 1 aromatic rings. The second-order valence-corrected chi connectivity index (χ2v) is 6.02. The van der Waals surface area contributed by atoms with Crippen molar-refractivity contribution in [2.45, 2.75) is 57.0 Å². The predicted molar refractivity (Wildman–Crippen MR) is 76.1 cm³/mol. The first-order chi connectivity index (χ1) is 9.17. The number of anilines is 1. The average molecular weight is 282 g/mol. The maximum atomic E-state index is 6.33. The van der Waals surface area contributed by atoms with Gasteiger partial charge < -0.3 is 9.64 Å². The lowest BCUT2D eigenvalue weighted by Gasteiger charge is -2.38. The molecule has 1 aromatic heterocycles. The van der Waals surface area contributed by atoms with Crippen LogP contribution in [0.5, 0.6) is 5.88 Å². The van der Waals surface area contributed by atoms with E-state index in [1.54, 1.807) is 0 Å². The van der Waals surface area contributed by atoms with Crippen LogP contribution in [-0.2, 0) is 0 Å². The molecule has 2 aliphatic rings. The van der Waals surface area contributed by atoms with E-state index in [1.807, 2.05) is 19.9 Å². The van der Waals surface area contributed by atoms with Crippen molar-refractivity contribution in [2.24, 2.45) is 0 Å². The molecule has 0 N–H and O–H groups in total. The number of aryl methyl sites for hydroxylation is 1. The zero-order valence-corrected chi connectivity index (χ0v) is 12.2. The Morgan fingerprint density at radius 2 is 2.00 bits per heavy atom. The number of fused-ring (bicyclic) bond motifs is 2. The normalized spacial score (nSPS) is 29.6. The first-order valence-electron chi connectivity index (χ1n) is 7.08. The Morgan fingerprint density at radius 1 is 1.32 bits per heavy atom. The number of hydrogen-bond donors (Lipinski definition) is 0. The molecule has 2 atom stereocenters. The van der Waals surface area contributed by atoms with Crippen molar-refractivity contribution in [1.29, 1.82) is 0 Å². The molecule has 0 radical (unpaired) electrons. The number of halogens is 1. The van der Waals surface area contributed by atoms with E-state index >= 15 is 0 Å². The van der Waals surface area contributed by atoms with E-state index in [1.165, 1.54) is 12.8 Å². The number of aromatic nitrogens is 2. The van der Waals surface area contributed by atoms with Gasteiger partial charge in [0.15, 0.2) is 0 Å². The molecule has 0 aromatic carbocycles. The van der Waals surface area contributed by atoms with Crippen LogP contribution in [-0.4, -0.2) is 34.0 Å². The summed E-state index contributed by atoms with van der Waals surface area (Å²) in [5.41, 5.74) is 0. The second kappa shape index (κ2) is 5.16. The van der Waals surface area contributed by atoms with Crippen LogP contribution in [0.25, 0.3) is 0 Å². The van der Waals surface area contributed by atoms with Crippen molar-refractivity contribution in [3.63, 3.8) is 0 Å². The van der Waals surface area contributed by atoms with Crippen molar-refractivity contribution in [1.82, 2.24) is 9.97 Å². The third kappa shape index (κ3) is 2.50. The quantitative estimate of drug-likeness (QED) is 0.799. The molecule has 2 fully saturated rings. The molecule has 104 valence electrons. The van der Waals surface area contributed by atoms with E-state index in [0.717, 1.165) is 24.5 Å². The Hall–Kier alpha value is -1.03. The largest absolute Gasteiger partial charge is 0.478 e. The zero-order chi connectivity index (χ0) is 13.4. The van der Waals surface area contributed by atoms with Crippen LogP contribution in [0.3, 0.4) is 0 Å². The van der Waals surface area contributed by atoms with Gasteiger partial charge in [-0.1, -0.05) is 0 Å². The molecule has 2 unspecified atom stereocenters. The standard InChI is InChI=1S/C14H20ClN3O/c1-3-19-14-8-13(16-9(2)17-14)18-11-4-5-12(18)7-10(15)6-11/h8,10-12H,3-7H2,1-2H3. The van der Waals surface area contributed by atoms with Crippen LogP contribution in [0.1, 0.15) is 38.4 Å². The maximum Gasteiger partial charge on any atom is 0.218 e. The lowest BCUT2D eigenvalue weighted by molar-refractivity contribution is 0.325. The van der Waals surface area contributed by atoms with Gasteiger partial charge in [-0.25, -0.2) is 4.98 Å². The molecule has 2 bridgehead atoms. The van der Waals surface area contributed by atoms with Crippen LogP contribution in [0, 0.1) is 6.92 Å². The van der Waals surface area contributed by atoms with Gasteiger partial charge in [0, 0.05) is 23.5 Å². The van der Waals surface area contributed by atoms with Crippen LogP contribution in [0.4, 0.5) is 5.82 Å². The molecule has 3 heterocycles. The van der Waals surface area contributed by atoms with E-state index in [4.69, 9.17) is 16.3 Å². The molecule has 3 rings (SSSR count). The van der Waals surface area contributed by atoms with E-state index in [9.17, 15) is 0 Å². The molecule has 0 spiro atoms. The third-order valence-corrected chi connectivity index (χ3v) is 4.39. The van der Waals surface area contributed by atoms with Crippen LogP contribution in [0.2, 0.25) is 0 Å². The molecule has 2 aliphatic heterocycles. The fourth-order valence-electron chi connectivity index (χ4n) is 3.36. The maximum absolute atomic E-state index is 6.33. The van der Waals surface area contributed by atoms with Crippen molar-refractivity contribution in [3.05, 3.63) is 11.9 Å². The summed E-state index contributed by atoms with van der Waals surface area (Å²) in [5.74, 6) is 2.46. The summed E-state index contributed by atoms with van der Waals surface area (Å²) in [6, 6.07) is 3.03. The molecular weight excluding hydrogens is 262 g/mol. The molecule has 4 nitrogen and oxygen atoms in total. The molecule has 0 saturated carbocycles. The molecule has 0 aliphatic carbocycles. The highest BCUT2D eigenvalue weighted by molar-refractivity contribution is 6.20. The summed E-state index contributed by atoms with van der Waals surface area (Å²) >= 11 is 6.33. The number of ether oxygens (including phenoxy) is 1. The molecule has 19 heavy (non-hydrogen) atoms. The Balaban J connectivity index is 1.90. The fourth-order valence-corrected chi connectivity index (χ4v) is 3.78. The number of rotatable bonds is 3. The molecular formula is C14H20ClN3O. The summed E-state index contributed by atoms with van der Waals surface area (Å²) in [6.07, 6.45) is 4.57. The van der Waals surface area contributed by atoms with Gasteiger partial charge in [-0.3, -0.25) is 0 Å². The van der Waals surface area contributed by atoms with Gasteiger partial charge in [-0.05, 0) is 39.5 Å². The van der Waals surface area contributed by atoms with E-state index in [-0.39, 0.29) is 0 Å². The van der Waals surface area contributed by atoms with Crippen molar-refractivity contribution in [3.8, 4) is 5.88 Å². The summed E-state index contributed by atoms with van der Waals surface area (Å²) in [4.78, 5) is 11.4.